The molecule has 0 saturated carbocycles. The molecule has 2 aromatic heterocycles. The lowest BCUT2D eigenvalue weighted by atomic mass is 10.3. The van der Waals surface area contributed by atoms with Gasteiger partial charge in [0.1, 0.15) is 5.75 Å². The summed E-state index contributed by atoms with van der Waals surface area (Å²) in [7, 11) is -3.55. The molecule has 1 fully saturated rings. The molecule has 33 heavy (non-hydrogen) atoms. The summed E-state index contributed by atoms with van der Waals surface area (Å²) < 4.78 is 35.0. The number of ether oxygens (including phenoxy) is 1. The number of anilines is 1. The molecule has 1 aromatic carbocycles. The summed E-state index contributed by atoms with van der Waals surface area (Å²) in [4.78, 5) is 2.34. The van der Waals surface area contributed by atoms with Crippen LogP contribution in [-0.2, 0) is 10.0 Å². The van der Waals surface area contributed by atoms with E-state index in [2.05, 4.69) is 27.1 Å². The van der Waals surface area contributed by atoms with Gasteiger partial charge in [-0.05, 0) is 62.7 Å². The predicted molar refractivity (Wildman–Crippen MR) is 126 cm³/mol. The summed E-state index contributed by atoms with van der Waals surface area (Å²) in [6.07, 6.45) is 2.03. The average Bonchev–Trinajstić information content (AvgIpc) is 3.17. The lowest BCUT2D eigenvalue weighted by molar-refractivity contribution is 0.309. The third kappa shape index (κ3) is 5.17. The minimum Gasteiger partial charge on any atom is -0.494 e. The normalized spacial score (nSPS) is 15.1. The summed E-state index contributed by atoms with van der Waals surface area (Å²) in [6.45, 7) is 8.52. The van der Waals surface area contributed by atoms with Gasteiger partial charge in [-0.2, -0.15) is 9.40 Å². The maximum absolute atomic E-state index is 13.1. The molecular weight excluding hydrogens is 440 g/mol. The number of hydrogen-bond acceptors (Lipinski definition) is 7. The SMILES string of the molecule is CCCCOc1ccc(S(=O)(=O)N2CCN(c3ccc(-n4nc(C)cc4C)nn3)CC2)cc1. The van der Waals surface area contributed by atoms with E-state index < -0.39 is 10.0 Å². The summed E-state index contributed by atoms with van der Waals surface area (Å²) in [5, 5.41) is 13.1. The molecular formula is C23H30N6O3S. The number of sulfonamides is 1. The van der Waals surface area contributed by atoms with Crippen molar-refractivity contribution >= 4 is 15.8 Å². The molecule has 3 aromatic rings. The van der Waals surface area contributed by atoms with Crippen LogP contribution in [0.1, 0.15) is 31.2 Å². The zero-order valence-corrected chi connectivity index (χ0v) is 20.1. The molecule has 0 unspecified atom stereocenters. The quantitative estimate of drug-likeness (QED) is 0.467. The molecule has 0 spiro atoms. The fourth-order valence-corrected chi connectivity index (χ4v) is 5.23. The van der Waals surface area contributed by atoms with Crippen LogP contribution in [-0.4, -0.2) is 65.5 Å². The molecule has 0 radical (unpaired) electrons. The second-order valence-electron chi connectivity index (χ2n) is 8.15. The van der Waals surface area contributed by atoms with Crippen LogP contribution < -0.4 is 9.64 Å². The van der Waals surface area contributed by atoms with Crippen LogP contribution in [0.5, 0.6) is 5.75 Å². The fourth-order valence-electron chi connectivity index (χ4n) is 3.81. The Bertz CT molecular complexity index is 1170. The minimum atomic E-state index is -3.55. The van der Waals surface area contributed by atoms with Crippen LogP contribution >= 0.6 is 0 Å². The third-order valence-corrected chi connectivity index (χ3v) is 7.57. The van der Waals surface area contributed by atoms with Crippen molar-refractivity contribution in [3.8, 4) is 11.6 Å². The molecule has 0 atom stereocenters. The minimum absolute atomic E-state index is 0.285. The largest absolute Gasteiger partial charge is 0.494 e. The molecule has 4 rings (SSSR count). The van der Waals surface area contributed by atoms with Crippen LogP contribution in [0.4, 0.5) is 5.82 Å². The Balaban J connectivity index is 1.37. The monoisotopic (exact) mass is 470 g/mol. The maximum atomic E-state index is 13.1. The zero-order chi connectivity index (χ0) is 23.4. The molecule has 1 aliphatic heterocycles. The van der Waals surface area contributed by atoms with Crippen LogP contribution in [0.3, 0.4) is 0 Å². The number of hydrogen-bond donors (Lipinski definition) is 0. The van der Waals surface area contributed by atoms with Crippen molar-refractivity contribution in [2.75, 3.05) is 37.7 Å². The number of nitrogens with zero attached hydrogens (tertiary/aromatic N) is 6. The van der Waals surface area contributed by atoms with Crippen LogP contribution in [0.2, 0.25) is 0 Å². The second-order valence-corrected chi connectivity index (χ2v) is 10.1. The number of aromatic nitrogens is 4. The van der Waals surface area contributed by atoms with Crippen molar-refractivity contribution < 1.29 is 13.2 Å². The van der Waals surface area contributed by atoms with Crippen molar-refractivity contribution in [1.29, 1.82) is 0 Å². The summed E-state index contributed by atoms with van der Waals surface area (Å²) >= 11 is 0. The van der Waals surface area contributed by atoms with Gasteiger partial charge in [-0.25, -0.2) is 13.1 Å². The van der Waals surface area contributed by atoms with E-state index in [4.69, 9.17) is 4.74 Å². The van der Waals surface area contributed by atoms with Gasteiger partial charge in [0.15, 0.2) is 11.6 Å². The smallest absolute Gasteiger partial charge is 0.243 e. The number of benzene rings is 1. The summed E-state index contributed by atoms with van der Waals surface area (Å²) in [6, 6.07) is 12.5. The highest BCUT2D eigenvalue weighted by molar-refractivity contribution is 7.89. The van der Waals surface area contributed by atoms with E-state index in [0.717, 1.165) is 30.0 Å². The van der Waals surface area contributed by atoms with E-state index in [9.17, 15) is 8.42 Å². The first-order chi connectivity index (χ1) is 15.9. The van der Waals surface area contributed by atoms with E-state index in [0.29, 0.717) is 44.4 Å². The van der Waals surface area contributed by atoms with Gasteiger partial charge in [0.05, 0.1) is 17.2 Å². The first-order valence-corrected chi connectivity index (χ1v) is 12.7. The lowest BCUT2D eigenvalue weighted by Gasteiger charge is -2.34. The zero-order valence-electron chi connectivity index (χ0n) is 19.3. The Morgan fingerprint density at radius 2 is 1.61 bits per heavy atom. The predicted octanol–water partition coefficient (Wildman–Crippen LogP) is 2.97. The molecule has 176 valence electrons. The van der Waals surface area contributed by atoms with Gasteiger partial charge in [0.25, 0.3) is 0 Å². The maximum Gasteiger partial charge on any atom is 0.243 e. The number of rotatable bonds is 8. The highest BCUT2D eigenvalue weighted by atomic mass is 32.2. The Morgan fingerprint density at radius 3 is 2.18 bits per heavy atom. The molecule has 3 heterocycles. The molecule has 1 aliphatic rings. The number of piperazine rings is 1. The van der Waals surface area contributed by atoms with Gasteiger partial charge in [0.2, 0.25) is 10.0 Å². The first-order valence-electron chi connectivity index (χ1n) is 11.2. The van der Waals surface area contributed by atoms with Crippen molar-refractivity contribution in [1.82, 2.24) is 24.3 Å². The summed E-state index contributed by atoms with van der Waals surface area (Å²) in [5.74, 6) is 2.08. The molecule has 0 bridgehead atoms. The fraction of sp³-hybridized carbons (Fsp3) is 0.435. The second kappa shape index (κ2) is 9.88. The van der Waals surface area contributed by atoms with Crippen molar-refractivity contribution in [2.45, 2.75) is 38.5 Å². The summed E-state index contributed by atoms with van der Waals surface area (Å²) in [5.41, 5.74) is 1.92. The van der Waals surface area contributed by atoms with Crippen LogP contribution in [0.15, 0.2) is 47.4 Å². The topological polar surface area (TPSA) is 93.5 Å². The van der Waals surface area contributed by atoms with E-state index in [1.807, 2.05) is 32.0 Å². The van der Waals surface area contributed by atoms with E-state index >= 15 is 0 Å². The standard InChI is InChI=1S/C23H30N6O3S/c1-4-5-16-32-20-6-8-21(9-7-20)33(30,31)28-14-12-27(13-15-28)22-10-11-23(25-24-22)29-19(3)17-18(2)26-29/h6-11,17H,4-5,12-16H2,1-3H3. The van der Waals surface area contributed by atoms with Crippen LogP contribution in [0, 0.1) is 13.8 Å². The third-order valence-electron chi connectivity index (χ3n) is 5.65. The Hall–Kier alpha value is -2.98. The molecule has 1 saturated heterocycles. The number of unbranched alkanes of at least 4 members (excludes halogenated alkanes) is 1. The van der Waals surface area contributed by atoms with Gasteiger partial charge in [-0.1, -0.05) is 13.3 Å². The highest BCUT2D eigenvalue weighted by Gasteiger charge is 2.29. The highest BCUT2D eigenvalue weighted by Crippen LogP contribution is 2.22. The van der Waals surface area contributed by atoms with E-state index in [1.54, 1.807) is 28.9 Å². The van der Waals surface area contributed by atoms with Crippen molar-refractivity contribution in [3.05, 3.63) is 53.9 Å². The van der Waals surface area contributed by atoms with Gasteiger partial charge in [-0.3, -0.25) is 0 Å². The lowest BCUT2D eigenvalue weighted by Crippen LogP contribution is -2.49. The van der Waals surface area contributed by atoms with Crippen molar-refractivity contribution in [3.63, 3.8) is 0 Å². The van der Waals surface area contributed by atoms with E-state index in [1.165, 1.54) is 4.31 Å². The number of aryl methyl sites for hydroxylation is 2. The van der Waals surface area contributed by atoms with Gasteiger partial charge < -0.3 is 9.64 Å². The molecule has 9 nitrogen and oxygen atoms in total. The van der Waals surface area contributed by atoms with Gasteiger partial charge in [0, 0.05) is 31.9 Å². The van der Waals surface area contributed by atoms with Gasteiger partial charge in [-0.15, -0.1) is 10.2 Å². The van der Waals surface area contributed by atoms with Crippen molar-refractivity contribution in [2.24, 2.45) is 0 Å². The average molecular weight is 471 g/mol. The Kier molecular flexibility index (Phi) is 6.94. The molecule has 10 heteroatoms. The Morgan fingerprint density at radius 1 is 0.939 bits per heavy atom. The first kappa shape index (κ1) is 23.2. The molecule has 0 amide bonds. The Labute approximate surface area is 195 Å². The van der Waals surface area contributed by atoms with Crippen LogP contribution in [0.25, 0.3) is 5.82 Å². The van der Waals surface area contributed by atoms with Gasteiger partial charge >= 0.3 is 0 Å². The molecule has 0 N–H and O–H groups in total. The van der Waals surface area contributed by atoms with E-state index in [-0.39, 0.29) is 4.90 Å². The molecule has 0 aliphatic carbocycles.